The van der Waals surface area contributed by atoms with Crippen molar-refractivity contribution in [2.45, 2.75) is 77.3 Å². The number of nitrogens with one attached hydrogen (secondary N) is 3. The molecule has 69 heavy (non-hydrogen) atoms. The maximum Gasteiger partial charge on any atom is 0.501 e. The third kappa shape index (κ3) is 12.3. The zero-order valence-electron chi connectivity index (χ0n) is 38.0. The van der Waals surface area contributed by atoms with Crippen molar-refractivity contribution in [3.05, 3.63) is 137 Å². The van der Waals surface area contributed by atoms with E-state index in [0.29, 0.717) is 61.2 Å². The van der Waals surface area contributed by atoms with Crippen molar-refractivity contribution in [3.63, 3.8) is 0 Å². The van der Waals surface area contributed by atoms with Gasteiger partial charge in [-0.2, -0.15) is 13.2 Å². The number of benzene rings is 5. The molecule has 5 aromatic rings. The second-order valence-corrected chi connectivity index (χ2v) is 23.4. The molecule has 5 aromatic carbocycles. The average molecular weight is 1020 g/mol. The van der Waals surface area contributed by atoms with E-state index >= 15 is 0 Å². The fourth-order valence-corrected chi connectivity index (χ4v) is 12.9. The van der Waals surface area contributed by atoms with Crippen molar-refractivity contribution in [1.29, 1.82) is 0 Å². The van der Waals surface area contributed by atoms with Crippen molar-refractivity contribution in [2.75, 3.05) is 61.8 Å². The van der Waals surface area contributed by atoms with Gasteiger partial charge in [0.05, 0.1) is 16.7 Å². The maximum absolute atomic E-state index is 14.3. The normalized spacial score (nSPS) is 18.1. The van der Waals surface area contributed by atoms with Crippen LogP contribution in [0.3, 0.4) is 0 Å². The molecule has 3 aliphatic heterocycles. The first-order chi connectivity index (χ1) is 33.0. The minimum atomic E-state index is -6.07. The second kappa shape index (κ2) is 21.8. The molecule has 8 rings (SSSR count). The number of aliphatic hydroxyl groups excluding tert-OH is 1. The number of likely N-dealkylation sites (tertiary alicyclic amines) is 1. The molecule has 368 valence electrons. The van der Waals surface area contributed by atoms with Crippen LogP contribution in [-0.2, 0) is 19.9 Å². The number of anilines is 2. The van der Waals surface area contributed by atoms with Gasteiger partial charge >= 0.3 is 5.51 Å². The van der Waals surface area contributed by atoms with Crippen LogP contribution in [0.2, 0.25) is 5.02 Å². The van der Waals surface area contributed by atoms with Crippen LogP contribution in [-0.4, -0.2) is 95.9 Å². The smallest absolute Gasteiger partial charge is 0.388 e. The van der Waals surface area contributed by atoms with Crippen LogP contribution in [0.25, 0.3) is 11.1 Å². The molecule has 1 unspecified atom stereocenters. The minimum Gasteiger partial charge on any atom is -0.388 e. The predicted octanol–water partition coefficient (Wildman–Crippen LogP) is 9.80. The summed E-state index contributed by atoms with van der Waals surface area (Å²) in [5.41, 5.74) is -2.35. The van der Waals surface area contributed by atoms with E-state index in [1.165, 1.54) is 23.9 Å². The zero-order chi connectivity index (χ0) is 48.8. The van der Waals surface area contributed by atoms with Crippen LogP contribution in [0.5, 0.6) is 0 Å². The average Bonchev–Trinajstić information content (AvgIpc) is 3.35. The van der Waals surface area contributed by atoms with E-state index in [1.807, 2.05) is 83.6 Å². The number of hydrogen-bond acceptors (Lipinski definition) is 11. The summed E-state index contributed by atoms with van der Waals surface area (Å²) in [4.78, 5) is 16.7. The van der Waals surface area contributed by atoms with E-state index < -0.39 is 53.2 Å². The van der Waals surface area contributed by atoms with E-state index in [4.69, 9.17) is 11.6 Å². The minimum absolute atomic E-state index is 0.0154. The van der Waals surface area contributed by atoms with Gasteiger partial charge in [-0.1, -0.05) is 66.2 Å². The van der Waals surface area contributed by atoms with Crippen molar-refractivity contribution in [3.8, 4) is 11.1 Å². The second-order valence-electron chi connectivity index (χ2n) is 18.3. The van der Waals surface area contributed by atoms with Crippen LogP contribution in [0.4, 0.5) is 24.5 Å². The Hall–Kier alpha value is -4.62. The summed E-state index contributed by atoms with van der Waals surface area (Å²) in [6, 6.07) is 32.9. The zero-order valence-corrected chi connectivity index (χ0v) is 41.2. The third-order valence-corrected chi connectivity index (χ3v) is 18.2. The summed E-state index contributed by atoms with van der Waals surface area (Å²) < 4.78 is 98.6. The number of aliphatic hydroxyl groups is 1. The Balaban J connectivity index is 0.931. The number of carbonyl (C=O) groups excluding carboxylic acids is 1. The number of rotatable bonds is 16. The monoisotopic (exact) mass is 1020 g/mol. The largest absolute Gasteiger partial charge is 0.501 e. The molecule has 11 nitrogen and oxygen atoms in total. The lowest BCUT2D eigenvalue weighted by atomic mass is 9.71. The number of piperidine rings is 3. The molecule has 4 N–H and O–H groups in total. The van der Waals surface area contributed by atoms with Gasteiger partial charge in [0.2, 0.25) is 0 Å². The van der Waals surface area contributed by atoms with Crippen molar-refractivity contribution >= 4 is 60.5 Å². The molecular weight excluding hydrogens is 967 g/mol. The van der Waals surface area contributed by atoms with Crippen LogP contribution >= 0.6 is 23.4 Å². The molecule has 2 atom stereocenters. The fraction of sp³-hybridized carbons (Fsp3) is 0.392. The molecule has 0 saturated carbocycles. The van der Waals surface area contributed by atoms with Gasteiger partial charge in [-0.25, -0.2) is 21.6 Å². The van der Waals surface area contributed by atoms with Crippen LogP contribution in [0.1, 0.15) is 67.0 Å². The molecule has 18 heteroatoms. The van der Waals surface area contributed by atoms with Gasteiger partial charge in [-0.05, 0) is 166 Å². The Morgan fingerprint density at radius 1 is 0.826 bits per heavy atom. The van der Waals surface area contributed by atoms with Crippen LogP contribution in [0.15, 0.2) is 136 Å². The van der Waals surface area contributed by atoms with Gasteiger partial charge in [0.15, 0.2) is 0 Å². The molecule has 3 fully saturated rings. The molecule has 0 bridgehead atoms. The summed E-state index contributed by atoms with van der Waals surface area (Å²) in [5.74, 6) is -0.679. The Bertz CT molecular complexity index is 2760. The lowest BCUT2D eigenvalue weighted by Gasteiger charge is -2.44. The predicted molar refractivity (Wildman–Crippen MR) is 267 cm³/mol. The van der Waals surface area contributed by atoms with Crippen molar-refractivity contribution in [2.24, 2.45) is 11.3 Å². The van der Waals surface area contributed by atoms with E-state index in [-0.39, 0.29) is 17.2 Å². The summed E-state index contributed by atoms with van der Waals surface area (Å²) in [6.45, 7) is 5.65. The summed E-state index contributed by atoms with van der Waals surface area (Å²) in [5, 5.41) is 18.7. The van der Waals surface area contributed by atoms with Crippen molar-refractivity contribution < 1.29 is 39.9 Å². The maximum atomic E-state index is 14.3. The first kappa shape index (κ1) is 50.8. The van der Waals surface area contributed by atoms with E-state index in [1.54, 1.807) is 12.1 Å². The first-order valence-corrected chi connectivity index (χ1v) is 27.6. The Morgan fingerprint density at radius 3 is 2.14 bits per heavy atom. The molecule has 1 amide bonds. The highest BCUT2D eigenvalue weighted by Crippen LogP contribution is 2.41. The fourth-order valence-electron chi connectivity index (χ4n) is 9.75. The molecule has 0 aromatic heterocycles. The number of halogens is 4. The van der Waals surface area contributed by atoms with E-state index in [2.05, 4.69) is 20.4 Å². The lowest BCUT2D eigenvalue weighted by Crippen LogP contribution is -2.46. The first-order valence-electron chi connectivity index (χ1n) is 23.3. The Kier molecular flexibility index (Phi) is 16.0. The standard InChI is InChI=1S/C51H57ClF3N5O6S3/c52-39-14-10-36(11-15-39)44-8-4-5-9-45(44)48(61)37-20-30-60(31-21-37)41-16-12-38(13-17-41)49(62)58-69(65,66)43-18-19-46(47(34-43)68(63,64)51(53,54)55)57-40(35-67-42-6-2-1-3-7-42)22-29-59-32-25-50(26-33-59)23-27-56-28-24-50/h1-19,34,37,40,48,56-57,61H,20-33,35H2,(H,58,62)/t40?,48-/m1/s1. The van der Waals surface area contributed by atoms with Crippen molar-refractivity contribution in [1.82, 2.24) is 14.9 Å². The molecule has 3 aliphatic rings. The van der Waals surface area contributed by atoms with Crippen LogP contribution in [0, 0.1) is 11.3 Å². The van der Waals surface area contributed by atoms with Crippen LogP contribution < -0.4 is 20.3 Å². The summed E-state index contributed by atoms with van der Waals surface area (Å²) >= 11 is 7.59. The summed E-state index contributed by atoms with van der Waals surface area (Å²) in [6.07, 6.45) is 5.54. The van der Waals surface area contributed by atoms with Gasteiger partial charge in [-0.3, -0.25) is 4.79 Å². The van der Waals surface area contributed by atoms with Gasteiger partial charge in [-0.15, -0.1) is 11.8 Å². The number of nitrogens with zero attached hydrogens (tertiary/aromatic N) is 2. The van der Waals surface area contributed by atoms with Gasteiger partial charge < -0.3 is 25.5 Å². The molecule has 3 saturated heterocycles. The molecule has 0 aliphatic carbocycles. The highest BCUT2D eigenvalue weighted by molar-refractivity contribution is 7.99. The highest BCUT2D eigenvalue weighted by atomic mass is 35.5. The molecule has 1 spiro atoms. The molecule has 0 radical (unpaired) electrons. The number of hydrogen-bond donors (Lipinski definition) is 4. The quantitative estimate of drug-likeness (QED) is 0.0701. The van der Waals surface area contributed by atoms with E-state index in [0.717, 1.165) is 91.3 Å². The van der Waals surface area contributed by atoms with Gasteiger partial charge in [0, 0.05) is 52.6 Å². The lowest BCUT2D eigenvalue weighted by molar-refractivity contribution is -0.0435. The number of sulfone groups is 1. The Labute approximate surface area is 412 Å². The number of sulfonamides is 1. The number of alkyl halides is 3. The van der Waals surface area contributed by atoms with E-state index in [9.17, 15) is 39.9 Å². The highest BCUT2D eigenvalue weighted by Gasteiger charge is 2.48. The Morgan fingerprint density at radius 2 is 1.48 bits per heavy atom. The molecule has 3 heterocycles. The number of amides is 1. The number of carbonyl (C=O) groups is 1. The number of thioether (sulfide) groups is 1. The SMILES string of the molecule is O=C(NS(=O)(=O)c1ccc(NC(CCN2CCC3(CCNCC3)CC2)CSc2ccccc2)c(S(=O)(=O)C(F)(F)F)c1)c1ccc(N2CCC([C@@H](O)c3ccccc3-c3ccc(Cl)cc3)CC2)cc1. The van der Waals surface area contributed by atoms with Gasteiger partial charge in [0.1, 0.15) is 4.90 Å². The molecular formula is C51H57ClF3N5O6S3. The third-order valence-electron chi connectivity index (χ3n) is 13.9. The topological polar surface area (TPSA) is 148 Å². The van der Waals surface area contributed by atoms with Gasteiger partial charge in [0.25, 0.3) is 25.8 Å². The summed E-state index contributed by atoms with van der Waals surface area (Å²) in [7, 11) is -10.9.